The smallest absolute Gasteiger partial charge is 0.321 e. The predicted octanol–water partition coefficient (Wildman–Crippen LogP) is 0.985. The average molecular weight is 257 g/mol. The van der Waals surface area contributed by atoms with Crippen LogP contribution in [0.4, 0.5) is 8.78 Å². The molecule has 2 unspecified atom stereocenters. The van der Waals surface area contributed by atoms with Crippen LogP contribution in [0, 0.1) is 11.6 Å². The Morgan fingerprint density at radius 1 is 1.44 bits per heavy atom. The van der Waals surface area contributed by atoms with Gasteiger partial charge in [-0.15, -0.1) is 0 Å². The average Bonchev–Trinajstić information content (AvgIpc) is 2.64. The molecule has 0 saturated carbocycles. The summed E-state index contributed by atoms with van der Waals surface area (Å²) in [7, 11) is 0. The summed E-state index contributed by atoms with van der Waals surface area (Å²) in [6, 6.07) is 2.34. The van der Waals surface area contributed by atoms with Gasteiger partial charge < -0.3 is 10.2 Å². The molecule has 2 N–H and O–H groups in total. The minimum Gasteiger partial charge on any atom is -0.480 e. The maximum Gasteiger partial charge on any atom is 0.321 e. The van der Waals surface area contributed by atoms with E-state index in [9.17, 15) is 18.7 Å². The molecule has 98 valence electrons. The molecule has 0 aromatic heterocycles. The molecule has 0 radical (unpaired) electrons. The van der Waals surface area contributed by atoms with Gasteiger partial charge >= 0.3 is 5.97 Å². The number of halogens is 2. The number of carbonyl (C=O) groups is 1. The Morgan fingerprint density at radius 3 is 2.78 bits per heavy atom. The van der Waals surface area contributed by atoms with Gasteiger partial charge in [0.15, 0.2) is 0 Å². The highest BCUT2D eigenvalue weighted by atomic mass is 19.1. The van der Waals surface area contributed by atoms with Crippen molar-refractivity contribution in [3.05, 3.63) is 35.4 Å². The molecular weight excluding hydrogens is 244 g/mol. The van der Waals surface area contributed by atoms with Crippen molar-refractivity contribution in [2.45, 2.75) is 25.1 Å². The third-order valence-electron chi connectivity index (χ3n) is 3.05. The van der Waals surface area contributed by atoms with E-state index in [0.29, 0.717) is 0 Å². The van der Waals surface area contributed by atoms with Crippen LogP contribution in [0.3, 0.4) is 0 Å². The highest BCUT2D eigenvalue weighted by Crippen LogP contribution is 2.22. The van der Waals surface area contributed by atoms with Crippen molar-refractivity contribution < 1.29 is 23.8 Å². The number of nitrogens with zero attached hydrogens (tertiary/aromatic N) is 1. The first-order valence-electron chi connectivity index (χ1n) is 5.56. The molecule has 1 saturated heterocycles. The maximum absolute atomic E-state index is 13.5. The minimum absolute atomic E-state index is 0.0418. The number of rotatable bonds is 3. The zero-order chi connectivity index (χ0) is 13.3. The first kappa shape index (κ1) is 12.9. The fourth-order valence-corrected chi connectivity index (χ4v) is 2.18. The van der Waals surface area contributed by atoms with Gasteiger partial charge in [-0.1, -0.05) is 6.07 Å². The van der Waals surface area contributed by atoms with Crippen molar-refractivity contribution in [1.82, 2.24) is 4.90 Å². The van der Waals surface area contributed by atoms with Crippen molar-refractivity contribution in [2.24, 2.45) is 0 Å². The second-order valence-corrected chi connectivity index (χ2v) is 4.41. The van der Waals surface area contributed by atoms with E-state index in [-0.39, 0.29) is 25.1 Å². The van der Waals surface area contributed by atoms with Crippen LogP contribution < -0.4 is 0 Å². The van der Waals surface area contributed by atoms with Gasteiger partial charge in [0.2, 0.25) is 0 Å². The van der Waals surface area contributed by atoms with Gasteiger partial charge in [0.25, 0.3) is 0 Å². The van der Waals surface area contributed by atoms with Crippen LogP contribution in [0.15, 0.2) is 18.2 Å². The standard InChI is InChI=1S/C12H13F2NO3/c13-8-2-1-7(10(14)3-8)5-15-6-9(16)4-11(15)12(17)18/h1-3,9,11,16H,4-6H2,(H,17,18). The number of aliphatic hydroxyl groups excluding tert-OH is 1. The molecule has 1 fully saturated rings. The Hall–Kier alpha value is -1.53. The molecule has 2 atom stereocenters. The third-order valence-corrected chi connectivity index (χ3v) is 3.05. The van der Waals surface area contributed by atoms with E-state index in [1.807, 2.05) is 0 Å². The zero-order valence-electron chi connectivity index (χ0n) is 9.51. The molecule has 4 nitrogen and oxygen atoms in total. The number of aliphatic hydroxyl groups is 1. The van der Waals surface area contributed by atoms with E-state index in [1.165, 1.54) is 11.0 Å². The summed E-state index contributed by atoms with van der Waals surface area (Å²) in [5.41, 5.74) is 0.219. The highest BCUT2D eigenvalue weighted by Gasteiger charge is 2.36. The molecule has 0 bridgehead atoms. The molecule has 1 aliphatic rings. The normalized spacial score (nSPS) is 24.4. The Bertz CT molecular complexity index is 467. The van der Waals surface area contributed by atoms with Crippen LogP contribution >= 0.6 is 0 Å². The Balaban J connectivity index is 2.15. The lowest BCUT2D eigenvalue weighted by Gasteiger charge is -2.20. The Morgan fingerprint density at radius 2 is 2.17 bits per heavy atom. The molecule has 0 aliphatic carbocycles. The van der Waals surface area contributed by atoms with E-state index < -0.39 is 29.7 Å². The number of β-amino-alcohol motifs (C(OH)–C–C–N with tert-alkyl or cyclic N) is 1. The third kappa shape index (κ3) is 2.65. The van der Waals surface area contributed by atoms with Crippen molar-refractivity contribution in [3.8, 4) is 0 Å². The number of hydrogen-bond donors (Lipinski definition) is 2. The van der Waals surface area contributed by atoms with Crippen molar-refractivity contribution in [1.29, 1.82) is 0 Å². The fourth-order valence-electron chi connectivity index (χ4n) is 2.18. The van der Waals surface area contributed by atoms with Gasteiger partial charge in [0.05, 0.1) is 6.10 Å². The van der Waals surface area contributed by atoms with Gasteiger partial charge in [0.1, 0.15) is 17.7 Å². The summed E-state index contributed by atoms with van der Waals surface area (Å²) in [5.74, 6) is -2.43. The summed E-state index contributed by atoms with van der Waals surface area (Å²) in [6.45, 7) is 0.216. The van der Waals surface area contributed by atoms with E-state index in [0.717, 1.165) is 12.1 Å². The van der Waals surface area contributed by atoms with E-state index in [4.69, 9.17) is 5.11 Å². The number of likely N-dealkylation sites (tertiary alicyclic amines) is 1. The van der Waals surface area contributed by atoms with E-state index in [1.54, 1.807) is 0 Å². The number of carboxylic acid groups (broad SMARTS) is 1. The number of hydrogen-bond acceptors (Lipinski definition) is 3. The first-order valence-corrected chi connectivity index (χ1v) is 5.56. The summed E-state index contributed by atoms with van der Waals surface area (Å²) >= 11 is 0. The van der Waals surface area contributed by atoms with Crippen LogP contribution in [-0.4, -0.2) is 39.8 Å². The first-order chi connectivity index (χ1) is 8.47. The summed E-state index contributed by atoms with van der Waals surface area (Å²) in [4.78, 5) is 12.5. The van der Waals surface area contributed by atoms with Crippen LogP contribution in [0.1, 0.15) is 12.0 Å². The molecule has 1 aliphatic heterocycles. The molecule has 1 aromatic rings. The second-order valence-electron chi connectivity index (χ2n) is 4.41. The van der Waals surface area contributed by atoms with Crippen LogP contribution in [0.2, 0.25) is 0 Å². The lowest BCUT2D eigenvalue weighted by atomic mass is 10.1. The number of carboxylic acids is 1. The van der Waals surface area contributed by atoms with E-state index >= 15 is 0 Å². The summed E-state index contributed by atoms with van der Waals surface area (Å²) in [5, 5.41) is 18.4. The maximum atomic E-state index is 13.5. The van der Waals surface area contributed by atoms with Crippen LogP contribution in [0.5, 0.6) is 0 Å². The SMILES string of the molecule is O=C(O)C1CC(O)CN1Cc1ccc(F)cc1F. The molecule has 0 amide bonds. The van der Waals surface area contributed by atoms with Crippen molar-refractivity contribution in [2.75, 3.05) is 6.54 Å². The summed E-state index contributed by atoms with van der Waals surface area (Å²) in [6.07, 6.45) is -0.604. The predicted molar refractivity (Wildman–Crippen MR) is 58.8 cm³/mol. The molecule has 6 heteroatoms. The molecular formula is C12H13F2NO3. The molecule has 18 heavy (non-hydrogen) atoms. The lowest BCUT2D eigenvalue weighted by Crippen LogP contribution is -2.35. The molecule has 1 heterocycles. The lowest BCUT2D eigenvalue weighted by molar-refractivity contribution is -0.142. The molecule has 2 rings (SSSR count). The highest BCUT2D eigenvalue weighted by molar-refractivity contribution is 5.74. The molecule has 1 aromatic carbocycles. The molecule has 0 spiro atoms. The quantitative estimate of drug-likeness (QED) is 0.847. The Labute approximate surface area is 102 Å². The van der Waals surface area contributed by atoms with Gasteiger partial charge in [-0.05, 0) is 6.07 Å². The van der Waals surface area contributed by atoms with Crippen molar-refractivity contribution >= 4 is 5.97 Å². The topological polar surface area (TPSA) is 60.8 Å². The minimum atomic E-state index is -1.05. The second kappa shape index (κ2) is 4.99. The van der Waals surface area contributed by atoms with Crippen LogP contribution in [0.25, 0.3) is 0 Å². The van der Waals surface area contributed by atoms with E-state index in [2.05, 4.69) is 0 Å². The van der Waals surface area contributed by atoms with Gasteiger partial charge in [-0.2, -0.15) is 0 Å². The van der Waals surface area contributed by atoms with Crippen molar-refractivity contribution in [3.63, 3.8) is 0 Å². The van der Waals surface area contributed by atoms with Gasteiger partial charge in [-0.25, -0.2) is 8.78 Å². The largest absolute Gasteiger partial charge is 0.480 e. The Kier molecular flexibility index (Phi) is 3.58. The van der Waals surface area contributed by atoms with Crippen LogP contribution in [-0.2, 0) is 11.3 Å². The van der Waals surface area contributed by atoms with Gasteiger partial charge in [0, 0.05) is 31.1 Å². The monoisotopic (exact) mass is 257 g/mol. The summed E-state index contributed by atoms with van der Waals surface area (Å²) < 4.78 is 26.2. The zero-order valence-corrected chi connectivity index (χ0v) is 9.51. The number of aliphatic carboxylic acids is 1. The van der Waals surface area contributed by atoms with Gasteiger partial charge in [-0.3, -0.25) is 9.69 Å². The number of benzene rings is 1. The fraction of sp³-hybridized carbons (Fsp3) is 0.417.